The Morgan fingerprint density at radius 3 is 3.21 bits per heavy atom. The van der Waals surface area contributed by atoms with Crippen molar-refractivity contribution in [3.63, 3.8) is 0 Å². The van der Waals surface area contributed by atoms with Crippen LogP contribution in [-0.2, 0) is 11.8 Å². The largest absolute Gasteiger partial charge is 0.322 e. The Balaban J connectivity index is 1.93. The summed E-state index contributed by atoms with van der Waals surface area (Å²) in [6, 6.07) is -0.0322. The fraction of sp³-hybridized carbons (Fsp3) is 0.556. The summed E-state index contributed by atoms with van der Waals surface area (Å²) in [4.78, 5) is 11.6. The highest BCUT2D eigenvalue weighted by Gasteiger charge is 2.21. The first-order valence-corrected chi connectivity index (χ1v) is 4.78. The maximum atomic E-state index is 11.6. The molecule has 0 aromatic carbocycles. The smallest absolute Gasteiger partial charge is 0.241 e. The van der Waals surface area contributed by atoms with Gasteiger partial charge in [0, 0.05) is 13.2 Å². The number of rotatable bonds is 2. The lowest BCUT2D eigenvalue weighted by Crippen LogP contribution is -2.35. The molecule has 5 nitrogen and oxygen atoms in total. The van der Waals surface area contributed by atoms with E-state index >= 15 is 0 Å². The predicted molar refractivity (Wildman–Crippen MR) is 52.9 cm³/mol. The lowest BCUT2D eigenvalue weighted by molar-refractivity contribution is -0.117. The van der Waals surface area contributed by atoms with Crippen LogP contribution >= 0.6 is 0 Å². The number of carbonyl (C=O) groups excluding carboxylic acids is 1. The highest BCUT2D eigenvalue weighted by Crippen LogP contribution is 2.09. The Morgan fingerprint density at radius 2 is 2.64 bits per heavy atom. The van der Waals surface area contributed by atoms with E-state index in [1.807, 2.05) is 7.05 Å². The van der Waals surface area contributed by atoms with Gasteiger partial charge in [-0.3, -0.25) is 9.48 Å². The fourth-order valence-corrected chi connectivity index (χ4v) is 1.62. The van der Waals surface area contributed by atoms with Crippen LogP contribution in [0.4, 0.5) is 5.69 Å². The molecule has 0 bridgehead atoms. The maximum absolute atomic E-state index is 11.6. The molecule has 0 spiro atoms. The van der Waals surface area contributed by atoms with Crippen LogP contribution in [0, 0.1) is 0 Å². The molecule has 1 aliphatic rings. The van der Waals surface area contributed by atoms with Gasteiger partial charge in [0.1, 0.15) is 0 Å². The summed E-state index contributed by atoms with van der Waals surface area (Å²) in [7, 11) is 1.82. The van der Waals surface area contributed by atoms with Gasteiger partial charge in [-0.25, -0.2) is 0 Å². The number of aryl methyl sites for hydroxylation is 1. The van der Waals surface area contributed by atoms with Crippen molar-refractivity contribution >= 4 is 11.6 Å². The standard InChI is InChI=1S/C9H14N4O/c1-13-6-7(5-11-13)12-9(14)8-3-2-4-10-8/h5-6,8,10H,2-4H2,1H3,(H,12,14)/t8-/m1/s1. The predicted octanol–water partition coefficient (Wildman–Crippen LogP) is 0.111. The van der Waals surface area contributed by atoms with E-state index in [1.165, 1.54) is 0 Å². The summed E-state index contributed by atoms with van der Waals surface area (Å²) in [5.74, 6) is 0.0375. The Kier molecular flexibility index (Phi) is 2.49. The topological polar surface area (TPSA) is 59.0 Å². The van der Waals surface area contributed by atoms with Crippen molar-refractivity contribution in [3.05, 3.63) is 12.4 Å². The first-order valence-electron chi connectivity index (χ1n) is 4.78. The molecule has 1 aliphatic heterocycles. The van der Waals surface area contributed by atoms with Crippen molar-refractivity contribution in [2.75, 3.05) is 11.9 Å². The van der Waals surface area contributed by atoms with Crippen molar-refractivity contribution in [2.24, 2.45) is 7.05 Å². The summed E-state index contributed by atoms with van der Waals surface area (Å²) in [5, 5.41) is 9.94. The zero-order valence-electron chi connectivity index (χ0n) is 8.16. The van der Waals surface area contributed by atoms with Crippen LogP contribution in [0.15, 0.2) is 12.4 Å². The summed E-state index contributed by atoms with van der Waals surface area (Å²) < 4.78 is 1.66. The third-order valence-electron chi connectivity index (χ3n) is 2.35. The van der Waals surface area contributed by atoms with Gasteiger partial charge >= 0.3 is 0 Å². The molecule has 1 amide bonds. The van der Waals surface area contributed by atoms with Gasteiger partial charge in [-0.15, -0.1) is 0 Å². The molecule has 76 valence electrons. The summed E-state index contributed by atoms with van der Waals surface area (Å²) in [6.07, 6.45) is 5.43. The molecule has 0 saturated carbocycles. The Bertz CT molecular complexity index is 327. The molecule has 1 atom stereocenters. The number of anilines is 1. The zero-order chi connectivity index (χ0) is 9.97. The third-order valence-corrected chi connectivity index (χ3v) is 2.35. The van der Waals surface area contributed by atoms with Gasteiger partial charge in [0.15, 0.2) is 0 Å². The molecule has 1 saturated heterocycles. The minimum atomic E-state index is -0.0322. The quantitative estimate of drug-likeness (QED) is 0.702. The molecule has 2 heterocycles. The average Bonchev–Trinajstić information content (AvgIpc) is 2.75. The number of nitrogens with zero attached hydrogens (tertiary/aromatic N) is 2. The van der Waals surface area contributed by atoms with E-state index in [0.717, 1.165) is 25.1 Å². The van der Waals surface area contributed by atoms with E-state index in [2.05, 4.69) is 15.7 Å². The number of hydrogen-bond acceptors (Lipinski definition) is 3. The normalized spacial score (nSPS) is 21.1. The molecule has 0 radical (unpaired) electrons. The molecular weight excluding hydrogens is 180 g/mol. The second kappa shape index (κ2) is 3.79. The van der Waals surface area contributed by atoms with Crippen molar-refractivity contribution in [2.45, 2.75) is 18.9 Å². The lowest BCUT2D eigenvalue weighted by atomic mass is 10.2. The Labute approximate surface area is 82.5 Å². The van der Waals surface area contributed by atoms with Gasteiger partial charge in [-0.2, -0.15) is 5.10 Å². The summed E-state index contributed by atoms with van der Waals surface area (Å²) >= 11 is 0. The Hall–Kier alpha value is -1.36. The number of carbonyl (C=O) groups is 1. The van der Waals surface area contributed by atoms with Crippen LogP contribution in [0.5, 0.6) is 0 Å². The summed E-state index contributed by atoms with van der Waals surface area (Å²) in [5.41, 5.74) is 0.756. The van der Waals surface area contributed by atoms with Crippen molar-refractivity contribution < 1.29 is 4.79 Å². The van der Waals surface area contributed by atoms with Crippen LogP contribution in [0.1, 0.15) is 12.8 Å². The van der Waals surface area contributed by atoms with Crippen LogP contribution in [-0.4, -0.2) is 28.3 Å². The van der Waals surface area contributed by atoms with E-state index in [4.69, 9.17) is 0 Å². The molecule has 0 unspecified atom stereocenters. The van der Waals surface area contributed by atoms with E-state index < -0.39 is 0 Å². The van der Waals surface area contributed by atoms with Crippen LogP contribution < -0.4 is 10.6 Å². The zero-order valence-corrected chi connectivity index (χ0v) is 8.16. The maximum Gasteiger partial charge on any atom is 0.241 e. The number of hydrogen-bond donors (Lipinski definition) is 2. The molecule has 2 rings (SSSR count). The first-order chi connectivity index (χ1) is 6.75. The van der Waals surface area contributed by atoms with Gasteiger partial charge in [0.25, 0.3) is 0 Å². The van der Waals surface area contributed by atoms with Crippen LogP contribution in [0.2, 0.25) is 0 Å². The van der Waals surface area contributed by atoms with Crippen LogP contribution in [0.25, 0.3) is 0 Å². The van der Waals surface area contributed by atoms with Gasteiger partial charge in [-0.05, 0) is 19.4 Å². The first kappa shape index (κ1) is 9.21. The Morgan fingerprint density at radius 1 is 1.79 bits per heavy atom. The monoisotopic (exact) mass is 194 g/mol. The molecule has 5 heteroatoms. The van der Waals surface area contributed by atoms with Gasteiger partial charge in [0.05, 0.1) is 17.9 Å². The fourth-order valence-electron chi connectivity index (χ4n) is 1.62. The number of amides is 1. The molecular formula is C9H14N4O. The second-order valence-electron chi connectivity index (χ2n) is 3.54. The molecule has 1 aromatic rings. The van der Waals surface area contributed by atoms with Crippen molar-refractivity contribution in [1.29, 1.82) is 0 Å². The molecule has 14 heavy (non-hydrogen) atoms. The SMILES string of the molecule is Cn1cc(NC(=O)[C@H]2CCCN2)cn1. The minimum Gasteiger partial charge on any atom is -0.322 e. The minimum absolute atomic E-state index is 0.0322. The highest BCUT2D eigenvalue weighted by molar-refractivity contribution is 5.94. The molecule has 0 aliphatic carbocycles. The van der Waals surface area contributed by atoms with Gasteiger partial charge < -0.3 is 10.6 Å². The molecule has 1 fully saturated rings. The third kappa shape index (κ3) is 1.93. The van der Waals surface area contributed by atoms with E-state index in [1.54, 1.807) is 17.1 Å². The van der Waals surface area contributed by atoms with E-state index in [0.29, 0.717) is 0 Å². The van der Waals surface area contributed by atoms with E-state index in [9.17, 15) is 4.79 Å². The van der Waals surface area contributed by atoms with Crippen molar-refractivity contribution in [1.82, 2.24) is 15.1 Å². The molecule has 1 aromatic heterocycles. The number of aromatic nitrogens is 2. The highest BCUT2D eigenvalue weighted by atomic mass is 16.2. The number of nitrogens with one attached hydrogen (secondary N) is 2. The van der Waals surface area contributed by atoms with Crippen LogP contribution in [0.3, 0.4) is 0 Å². The molecule has 2 N–H and O–H groups in total. The lowest BCUT2D eigenvalue weighted by Gasteiger charge is -2.08. The summed E-state index contributed by atoms with van der Waals surface area (Å²) in [6.45, 7) is 0.936. The average molecular weight is 194 g/mol. The van der Waals surface area contributed by atoms with Gasteiger partial charge in [0.2, 0.25) is 5.91 Å². The van der Waals surface area contributed by atoms with E-state index in [-0.39, 0.29) is 11.9 Å². The van der Waals surface area contributed by atoms with Gasteiger partial charge in [-0.1, -0.05) is 0 Å². The second-order valence-corrected chi connectivity index (χ2v) is 3.54. The van der Waals surface area contributed by atoms with Crippen molar-refractivity contribution in [3.8, 4) is 0 Å².